The summed E-state index contributed by atoms with van der Waals surface area (Å²) in [5.41, 5.74) is 5.41. The van der Waals surface area contributed by atoms with Gasteiger partial charge in [0.25, 0.3) is 0 Å². The molecule has 4 N–H and O–H groups in total. The fourth-order valence-electron chi connectivity index (χ4n) is 3.00. The summed E-state index contributed by atoms with van der Waals surface area (Å²) < 4.78 is 0. The van der Waals surface area contributed by atoms with E-state index in [0.717, 1.165) is 38.5 Å². The first-order valence-electron chi connectivity index (χ1n) is 7.68. The highest BCUT2D eigenvalue weighted by molar-refractivity contribution is 5.76. The van der Waals surface area contributed by atoms with Crippen molar-refractivity contribution in [3.63, 3.8) is 0 Å². The molecule has 1 fully saturated rings. The zero-order chi connectivity index (χ0) is 15.0. The normalized spacial score (nSPS) is 19.3. The van der Waals surface area contributed by atoms with Crippen LogP contribution in [0.15, 0.2) is 0 Å². The van der Waals surface area contributed by atoms with Crippen molar-refractivity contribution in [2.24, 2.45) is 11.1 Å². The van der Waals surface area contributed by atoms with Crippen molar-refractivity contribution in [2.75, 3.05) is 6.54 Å². The van der Waals surface area contributed by atoms with Crippen molar-refractivity contribution < 1.29 is 14.7 Å². The Morgan fingerprint density at radius 1 is 1.30 bits per heavy atom. The molecule has 116 valence electrons. The maximum absolute atomic E-state index is 11.8. The lowest BCUT2D eigenvalue weighted by molar-refractivity contribution is -0.140. The van der Waals surface area contributed by atoms with Crippen LogP contribution < -0.4 is 11.1 Å². The van der Waals surface area contributed by atoms with Crippen LogP contribution in [0.2, 0.25) is 0 Å². The maximum Gasteiger partial charge on any atom is 0.303 e. The van der Waals surface area contributed by atoms with E-state index in [9.17, 15) is 9.59 Å². The largest absolute Gasteiger partial charge is 0.481 e. The molecule has 0 saturated heterocycles. The Balaban J connectivity index is 2.37. The highest BCUT2D eigenvalue weighted by Gasteiger charge is 2.34. The van der Waals surface area contributed by atoms with E-state index < -0.39 is 5.97 Å². The van der Waals surface area contributed by atoms with E-state index in [1.165, 1.54) is 6.42 Å². The molecule has 1 amide bonds. The highest BCUT2D eigenvalue weighted by atomic mass is 16.4. The molecule has 1 saturated carbocycles. The Hall–Kier alpha value is -1.10. The minimum Gasteiger partial charge on any atom is -0.481 e. The number of aliphatic carboxylic acids is 1. The second-order valence-electron chi connectivity index (χ2n) is 6.28. The van der Waals surface area contributed by atoms with E-state index in [-0.39, 0.29) is 23.8 Å². The zero-order valence-electron chi connectivity index (χ0n) is 12.5. The average molecular weight is 284 g/mol. The zero-order valence-corrected chi connectivity index (χ0v) is 12.5. The molecule has 5 nitrogen and oxygen atoms in total. The number of hydrogen-bond donors (Lipinski definition) is 3. The van der Waals surface area contributed by atoms with E-state index in [2.05, 4.69) is 5.32 Å². The van der Waals surface area contributed by atoms with Crippen molar-refractivity contribution in [3.05, 3.63) is 0 Å². The van der Waals surface area contributed by atoms with Crippen LogP contribution in [0.4, 0.5) is 0 Å². The van der Waals surface area contributed by atoms with Crippen molar-refractivity contribution in [1.29, 1.82) is 0 Å². The SMILES string of the molecule is CC(N)CCCC(=O)NCC1(CC(=O)O)CCCCC1. The van der Waals surface area contributed by atoms with Crippen LogP contribution in [0.1, 0.15) is 64.7 Å². The highest BCUT2D eigenvalue weighted by Crippen LogP contribution is 2.38. The third-order valence-corrected chi connectivity index (χ3v) is 4.16. The molecule has 1 atom stereocenters. The summed E-state index contributed by atoms with van der Waals surface area (Å²) in [6.45, 7) is 2.43. The molecule has 0 heterocycles. The fourth-order valence-corrected chi connectivity index (χ4v) is 3.00. The van der Waals surface area contributed by atoms with Crippen LogP contribution >= 0.6 is 0 Å². The molecule has 0 aromatic carbocycles. The van der Waals surface area contributed by atoms with Gasteiger partial charge in [-0.3, -0.25) is 9.59 Å². The lowest BCUT2D eigenvalue weighted by Gasteiger charge is -2.36. The van der Waals surface area contributed by atoms with Crippen LogP contribution in [-0.2, 0) is 9.59 Å². The van der Waals surface area contributed by atoms with Crippen molar-refractivity contribution in [1.82, 2.24) is 5.32 Å². The van der Waals surface area contributed by atoms with Gasteiger partial charge in [0.2, 0.25) is 5.91 Å². The van der Waals surface area contributed by atoms with Crippen LogP contribution in [0.5, 0.6) is 0 Å². The van der Waals surface area contributed by atoms with Gasteiger partial charge in [-0.05, 0) is 38.0 Å². The first kappa shape index (κ1) is 17.0. The Kier molecular flexibility index (Phi) is 6.99. The summed E-state index contributed by atoms with van der Waals surface area (Å²) in [7, 11) is 0. The number of nitrogens with two attached hydrogens (primary N) is 1. The number of carboxylic acids is 1. The Labute approximate surface area is 121 Å². The topological polar surface area (TPSA) is 92.4 Å². The van der Waals surface area contributed by atoms with E-state index in [4.69, 9.17) is 10.8 Å². The molecular weight excluding hydrogens is 256 g/mol. The predicted molar refractivity (Wildman–Crippen MR) is 78.3 cm³/mol. The van der Waals surface area contributed by atoms with Gasteiger partial charge in [-0.15, -0.1) is 0 Å². The molecule has 0 spiro atoms. The summed E-state index contributed by atoms with van der Waals surface area (Å²) in [5, 5.41) is 12.0. The summed E-state index contributed by atoms with van der Waals surface area (Å²) in [6.07, 6.45) is 7.37. The van der Waals surface area contributed by atoms with Gasteiger partial charge in [-0.25, -0.2) is 0 Å². The number of hydrogen-bond acceptors (Lipinski definition) is 3. The molecule has 20 heavy (non-hydrogen) atoms. The average Bonchev–Trinajstić information content (AvgIpc) is 2.36. The molecular formula is C15H28N2O3. The van der Waals surface area contributed by atoms with Gasteiger partial charge in [-0.2, -0.15) is 0 Å². The standard InChI is InChI=1S/C15H28N2O3/c1-12(16)6-5-7-13(18)17-11-15(10-14(19)20)8-3-2-4-9-15/h12H,2-11,16H2,1H3,(H,17,18)(H,19,20). The molecule has 1 aliphatic rings. The maximum atomic E-state index is 11.8. The number of rotatable bonds is 8. The van der Waals surface area contributed by atoms with Crippen molar-refractivity contribution in [2.45, 2.75) is 70.8 Å². The van der Waals surface area contributed by atoms with Crippen molar-refractivity contribution in [3.8, 4) is 0 Å². The number of carbonyl (C=O) groups excluding carboxylic acids is 1. The van der Waals surface area contributed by atoms with Gasteiger partial charge in [-0.1, -0.05) is 19.3 Å². The number of carboxylic acid groups (broad SMARTS) is 1. The van der Waals surface area contributed by atoms with Crippen molar-refractivity contribution >= 4 is 11.9 Å². The lowest BCUT2D eigenvalue weighted by Crippen LogP contribution is -2.40. The Morgan fingerprint density at radius 3 is 2.50 bits per heavy atom. The van der Waals surface area contributed by atoms with E-state index >= 15 is 0 Å². The lowest BCUT2D eigenvalue weighted by atomic mass is 9.71. The van der Waals surface area contributed by atoms with Crippen LogP contribution in [-0.4, -0.2) is 29.6 Å². The third kappa shape index (κ3) is 6.37. The van der Waals surface area contributed by atoms with Gasteiger partial charge in [0.05, 0.1) is 6.42 Å². The number of carbonyl (C=O) groups is 2. The molecule has 5 heteroatoms. The monoisotopic (exact) mass is 284 g/mol. The molecule has 0 aromatic heterocycles. The van der Waals surface area contributed by atoms with Gasteiger partial charge in [0.1, 0.15) is 0 Å². The van der Waals surface area contributed by atoms with Crippen LogP contribution in [0, 0.1) is 5.41 Å². The molecule has 0 bridgehead atoms. The summed E-state index contributed by atoms with van der Waals surface area (Å²) in [6, 6.07) is 0.125. The Morgan fingerprint density at radius 2 is 1.95 bits per heavy atom. The third-order valence-electron chi connectivity index (χ3n) is 4.16. The number of amides is 1. The molecule has 0 radical (unpaired) electrons. The second-order valence-corrected chi connectivity index (χ2v) is 6.28. The molecule has 1 rings (SSSR count). The second kappa shape index (κ2) is 8.25. The summed E-state index contributed by atoms with van der Waals surface area (Å²) in [5.74, 6) is -0.751. The molecule has 1 unspecified atom stereocenters. The van der Waals surface area contributed by atoms with Gasteiger partial charge >= 0.3 is 5.97 Å². The molecule has 0 aromatic rings. The van der Waals surface area contributed by atoms with Gasteiger partial charge in [0.15, 0.2) is 0 Å². The number of nitrogens with one attached hydrogen (secondary N) is 1. The predicted octanol–water partition coefficient (Wildman–Crippen LogP) is 2.05. The van der Waals surface area contributed by atoms with Crippen LogP contribution in [0.3, 0.4) is 0 Å². The van der Waals surface area contributed by atoms with Crippen LogP contribution in [0.25, 0.3) is 0 Å². The minimum atomic E-state index is -0.766. The van der Waals surface area contributed by atoms with E-state index in [1.807, 2.05) is 6.92 Å². The molecule has 0 aliphatic heterocycles. The smallest absolute Gasteiger partial charge is 0.303 e. The Bertz CT molecular complexity index is 323. The molecule has 1 aliphatic carbocycles. The van der Waals surface area contributed by atoms with E-state index in [0.29, 0.717) is 13.0 Å². The minimum absolute atomic E-state index is 0.0148. The summed E-state index contributed by atoms with van der Waals surface area (Å²) >= 11 is 0. The fraction of sp³-hybridized carbons (Fsp3) is 0.867. The van der Waals surface area contributed by atoms with Gasteiger partial charge < -0.3 is 16.2 Å². The first-order chi connectivity index (χ1) is 9.43. The van der Waals surface area contributed by atoms with Gasteiger partial charge in [0, 0.05) is 19.0 Å². The summed E-state index contributed by atoms with van der Waals surface area (Å²) in [4.78, 5) is 22.8. The first-order valence-corrected chi connectivity index (χ1v) is 7.68. The quantitative estimate of drug-likeness (QED) is 0.636. The van der Waals surface area contributed by atoms with E-state index in [1.54, 1.807) is 0 Å².